The van der Waals surface area contributed by atoms with Crippen molar-refractivity contribution in [2.45, 2.75) is 45.6 Å². The molecule has 1 aliphatic carbocycles. The highest BCUT2D eigenvalue weighted by Crippen LogP contribution is 2.38. The molecule has 0 spiro atoms. The Balaban J connectivity index is 2.17. The summed E-state index contributed by atoms with van der Waals surface area (Å²) in [7, 11) is 1.75. The average Bonchev–Trinajstić information content (AvgIpc) is 2.33. The second-order valence-electron chi connectivity index (χ2n) is 5.35. The van der Waals surface area contributed by atoms with E-state index in [1.54, 1.807) is 7.11 Å². The van der Waals surface area contributed by atoms with Crippen molar-refractivity contribution in [3.8, 4) is 5.75 Å². The SMILES string of the molecule is CCCNC(c1ccc(C)c(OC)c1)C1CCC1. The molecule has 1 unspecified atom stereocenters. The summed E-state index contributed by atoms with van der Waals surface area (Å²) in [5.41, 5.74) is 2.60. The first-order valence-corrected chi connectivity index (χ1v) is 7.14. The number of methoxy groups -OCH3 is 1. The van der Waals surface area contributed by atoms with Crippen LogP contribution in [0.3, 0.4) is 0 Å². The molecule has 0 bridgehead atoms. The van der Waals surface area contributed by atoms with Gasteiger partial charge in [-0.05, 0) is 55.8 Å². The normalized spacial score (nSPS) is 17.3. The van der Waals surface area contributed by atoms with Crippen LogP contribution < -0.4 is 10.1 Å². The van der Waals surface area contributed by atoms with Crippen molar-refractivity contribution < 1.29 is 4.74 Å². The van der Waals surface area contributed by atoms with Gasteiger partial charge in [0.25, 0.3) is 0 Å². The van der Waals surface area contributed by atoms with Crippen LogP contribution in [-0.2, 0) is 0 Å². The number of hydrogen-bond acceptors (Lipinski definition) is 2. The van der Waals surface area contributed by atoms with Gasteiger partial charge in [0.2, 0.25) is 0 Å². The first-order valence-electron chi connectivity index (χ1n) is 7.14. The highest BCUT2D eigenvalue weighted by atomic mass is 16.5. The summed E-state index contributed by atoms with van der Waals surface area (Å²) >= 11 is 0. The van der Waals surface area contributed by atoms with E-state index in [2.05, 4.69) is 37.4 Å². The maximum Gasteiger partial charge on any atom is 0.122 e. The van der Waals surface area contributed by atoms with E-state index in [4.69, 9.17) is 4.74 Å². The molecule has 100 valence electrons. The Morgan fingerprint density at radius 3 is 2.72 bits per heavy atom. The lowest BCUT2D eigenvalue weighted by Crippen LogP contribution is -2.32. The number of hydrogen-bond donors (Lipinski definition) is 1. The van der Waals surface area contributed by atoms with E-state index in [0.717, 1.165) is 18.2 Å². The fraction of sp³-hybridized carbons (Fsp3) is 0.625. The minimum Gasteiger partial charge on any atom is -0.496 e. The van der Waals surface area contributed by atoms with E-state index >= 15 is 0 Å². The van der Waals surface area contributed by atoms with Gasteiger partial charge in [-0.1, -0.05) is 25.5 Å². The van der Waals surface area contributed by atoms with Crippen LogP contribution in [0.25, 0.3) is 0 Å². The minimum atomic E-state index is 0.508. The molecule has 1 atom stereocenters. The Morgan fingerprint density at radius 1 is 1.39 bits per heavy atom. The van der Waals surface area contributed by atoms with Crippen molar-refractivity contribution >= 4 is 0 Å². The largest absolute Gasteiger partial charge is 0.496 e. The molecule has 18 heavy (non-hydrogen) atoms. The minimum absolute atomic E-state index is 0.508. The number of nitrogens with one attached hydrogen (secondary N) is 1. The maximum absolute atomic E-state index is 5.44. The van der Waals surface area contributed by atoms with Gasteiger partial charge in [0, 0.05) is 6.04 Å². The third-order valence-electron chi connectivity index (χ3n) is 4.03. The van der Waals surface area contributed by atoms with Crippen molar-refractivity contribution in [2.24, 2.45) is 5.92 Å². The van der Waals surface area contributed by atoms with Crippen molar-refractivity contribution in [2.75, 3.05) is 13.7 Å². The van der Waals surface area contributed by atoms with Crippen LogP contribution in [0.4, 0.5) is 0 Å². The van der Waals surface area contributed by atoms with Crippen molar-refractivity contribution in [3.63, 3.8) is 0 Å². The van der Waals surface area contributed by atoms with Gasteiger partial charge >= 0.3 is 0 Å². The van der Waals surface area contributed by atoms with Gasteiger partial charge in [0.15, 0.2) is 0 Å². The second kappa shape index (κ2) is 6.24. The molecule has 1 fully saturated rings. The molecule has 2 nitrogen and oxygen atoms in total. The van der Waals surface area contributed by atoms with E-state index in [1.807, 2.05) is 0 Å². The van der Waals surface area contributed by atoms with E-state index in [9.17, 15) is 0 Å². The summed E-state index contributed by atoms with van der Waals surface area (Å²) < 4.78 is 5.44. The molecule has 0 heterocycles. The first-order chi connectivity index (χ1) is 8.76. The Bertz CT molecular complexity index is 385. The molecule has 1 aliphatic rings. The molecule has 2 heteroatoms. The molecule has 0 saturated heterocycles. The zero-order valence-corrected chi connectivity index (χ0v) is 11.8. The van der Waals surface area contributed by atoms with Gasteiger partial charge in [-0.3, -0.25) is 0 Å². The third kappa shape index (κ3) is 2.86. The zero-order chi connectivity index (χ0) is 13.0. The van der Waals surface area contributed by atoms with Crippen LogP contribution >= 0.6 is 0 Å². The fourth-order valence-corrected chi connectivity index (χ4v) is 2.66. The van der Waals surface area contributed by atoms with Crippen molar-refractivity contribution in [3.05, 3.63) is 29.3 Å². The van der Waals surface area contributed by atoms with E-state index in [1.165, 1.54) is 36.8 Å². The summed E-state index contributed by atoms with van der Waals surface area (Å²) in [6.45, 7) is 5.42. The fourth-order valence-electron chi connectivity index (χ4n) is 2.66. The number of ether oxygens (including phenoxy) is 1. The average molecular weight is 247 g/mol. The van der Waals surface area contributed by atoms with E-state index in [0.29, 0.717) is 6.04 Å². The summed E-state index contributed by atoms with van der Waals surface area (Å²) in [6.07, 6.45) is 5.29. The molecule has 1 aromatic rings. The summed E-state index contributed by atoms with van der Waals surface area (Å²) in [5.74, 6) is 1.82. The smallest absolute Gasteiger partial charge is 0.122 e. The Labute approximate surface area is 111 Å². The van der Waals surface area contributed by atoms with Crippen molar-refractivity contribution in [1.29, 1.82) is 0 Å². The number of aryl methyl sites for hydroxylation is 1. The van der Waals surface area contributed by atoms with Crippen LogP contribution in [0.1, 0.15) is 49.8 Å². The van der Waals surface area contributed by atoms with Gasteiger partial charge in [-0.2, -0.15) is 0 Å². The van der Waals surface area contributed by atoms with Gasteiger partial charge in [-0.15, -0.1) is 0 Å². The van der Waals surface area contributed by atoms with Gasteiger partial charge < -0.3 is 10.1 Å². The summed E-state index contributed by atoms with van der Waals surface area (Å²) in [5, 5.41) is 3.70. The van der Waals surface area contributed by atoms with Crippen molar-refractivity contribution in [1.82, 2.24) is 5.32 Å². The lowest BCUT2D eigenvalue weighted by atomic mass is 9.77. The third-order valence-corrected chi connectivity index (χ3v) is 4.03. The van der Waals surface area contributed by atoms with Crippen LogP contribution in [0, 0.1) is 12.8 Å². The zero-order valence-electron chi connectivity index (χ0n) is 11.8. The predicted molar refractivity (Wildman–Crippen MR) is 76.1 cm³/mol. The molecule has 0 amide bonds. The molecule has 1 N–H and O–H groups in total. The molecule has 0 radical (unpaired) electrons. The first kappa shape index (κ1) is 13.4. The topological polar surface area (TPSA) is 21.3 Å². The van der Waals surface area contributed by atoms with E-state index < -0.39 is 0 Å². The molecule has 0 aromatic heterocycles. The molecule has 0 aliphatic heterocycles. The molecule has 2 rings (SSSR count). The maximum atomic E-state index is 5.44. The lowest BCUT2D eigenvalue weighted by Gasteiger charge is -2.35. The Morgan fingerprint density at radius 2 is 2.17 bits per heavy atom. The van der Waals surface area contributed by atoms with Gasteiger partial charge in [0.1, 0.15) is 5.75 Å². The predicted octanol–water partition coefficient (Wildman–Crippen LogP) is 3.84. The Kier molecular flexibility index (Phi) is 4.65. The second-order valence-corrected chi connectivity index (χ2v) is 5.35. The van der Waals surface area contributed by atoms with Crippen LogP contribution in [-0.4, -0.2) is 13.7 Å². The standard InChI is InChI=1S/C16H25NO/c1-4-10-17-16(13-6-5-7-13)14-9-8-12(2)15(11-14)18-3/h8-9,11,13,16-17H,4-7,10H2,1-3H3. The van der Waals surface area contributed by atoms with Gasteiger partial charge in [0.05, 0.1) is 7.11 Å². The van der Waals surface area contributed by atoms with Gasteiger partial charge in [-0.25, -0.2) is 0 Å². The highest BCUT2D eigenvalue weighted by molar-refractivity contribution is 5.38. The monoisotopic (exact) mass is 247 g/mol. The Hall–Kier alpha value is -1.02. The molecule has 1 saturated carbocycles. The molecular formula is C16H25NO. The summed E-state index contributed by atoms with van der Waals surface area (Å²) in [6, 6.07) is 7.14. The molecule has 1 aromatic carbocycles. The lowest BCUT2D eigenvalue weighted by molar-refractivity contribution is 0.230. The molecular weight excluding hydrogens is 222 g/mol. The highest BCUT2D eigenvalue weighted by Gasteiger charge is 2.28. The number of benzene rings is 1. The van der Waals surface area contributed by atoms with E-state index in [-0.39, 0.29) is 0 Å². The number of rotatable bonds is 6. The van der Waals surface area contributed by atoms with Crippen LogP contribution in [0.2, 0.25) is 0 Å². The quantitative estimate of drug-likeness (QED) is 0.824. The van der Waals surface area contributed by atoms with Crippen LogP contribution in [0.5, 0.6) is 5.75 Å². The summed E-state index contributed by atoms with van der Waals surface area (Å²) in [4.78, 5) is 0. The van der Waals surface area contributed by atoms with Crippen LogP contribution in [0.15, 0.2) is 18.2 Å².